The number of anilines is 1. The van der Waals surface area contributed by atoms with Crippen LogP contribution in [-0.2, 0) is 22.6 Å². The molecule has 6 nitrogen and oxygen atoms in total. The Balaban J connectivity index is 1.57. The van der Waals surface area contributed by atoms with Crippen LogP contribution in [0.5, 0.6) is 5.75 Å². The minimum atomic E-state index is -0.761. The number of rotatable bonds is 8. The fourth-order valence-electron chi connectivity index (χ4n) is 3.07. The molecule has 2 amide bonds. The molecule has 0 aliphatic rings. The van der Waals surface area contributed by atoms with Crippen molar-refractivity contribution in [3.63, 3.8) is 0 Å². The Morgan fingerprint density at radius 2 is 1.55 bits per heavy atom. The van der Waals surface area contributed by atoms with Gasteiger partial charge in [0.05, 0.1) is 7.11 Å². The number of amides is 2. The Hall–Kier alpha value is -3.80. The highest BCUT2D eigenvalue weighted by Crippen LogP contribution is 2.25. The smallest absolute Gasteiger partial charge is 0.408 e. The number of ether oxygens (including phenoxy) is 2. The molecular formula is C25H26N2O4. The van der Waals surface area contributed by atoms with Crippen LogP contribution in [0.25, 0.3) is 0 Å². The van der Waals surface area contributed by atoms with Crippen molar-refractivity contribution in [2.45, 2.75) is 26.0 Å². The molecule has 0 aromatic heterocycles. The first-order valence-corrected chi connectivity index (χ1v) is 10.0. The molecule has 1 atom stereocenters. The molecule has 0 spiro atoms. The lowest BCUT2D eigenvalue weighted by atomic mass is 10.0. The zero-order valence-corrected chi connectivity index (χ0v) is 17.6. The topological polar surface area (TPSA) is 76.7 Å². The normalized spacial score (nSPS) is 11.3. The van der Waals surface area contributed by atoms with Crippen molar-refractivity contribution in [1.29, 1.82) is 0 Å². The van der Waals surface area contributed by atoms with E-state index in [0.29, 0.717) is 12.1 Å². The standard InChI is InChI=1S/C25H26N2O4/c1-18(26-25(29)31-17-20-11-7-4-8-12-20)24(28)27-22-13-14-23(30-2)21(16-22)15-19-9-5-3-6-10-19/h3-14,16,18H,15,17H2,1-2H3,(H,26,29)(H,27,28)/t18-/m0/s1. The Kier molecular flexibility index (Phi) is 7.65. The number of carbonyl (C=O) groups excluding carboxylic acids is 2. The van der Waals surface area contributed by atoms with Gasteiger partial charge in [-0.25, -0.2) is 4.79 Å². The van der Waals surface area contributed by atoms with Gasteiger partial charge in [-0.05, 0) is 36.2 Å². The van der Waals surface area contributed by atoms with E-state index >= 15 is 0 Å². The highest BCUT2D eigenvalue weighted by molar-refractivity contribution is 5.96. The highest BCUT2D eigenvalue weighted by atomic mass is 16.5. The number of methoxy groups -OCH3 is 1. The predicted octanol–water partition coefficient (Wildman–Crippen LogP) is 4.54. The minimum absolute atomic E-state index is 0.141. The maximum Gasteiger partial charge on any atom is 0.408 e. The van der Waals surface area contributed by atoms with Gasteiger partial charge in [-0.1, -0.05) is 60.7 Å². The van der Waals surface area contributed by atoms with Gasteiger partial charge in [-0.15, -0.1) is 0 Å². The Morgan fingerprint density at radius 1 is 0.903 bits per heavy atom. The number of hydrogen-bond donors (Lipinski definition) is 2. The molecule has 0 aliphatic heterocycles. The summed E-state index contributed by atoms with van der Waals surface area (Å²) in [5, 5.41) is 5.38. The van der Waals surface area contributed by atoms with Gasteiger partial charge >= 0.3 is 6.09 Å². The first-order valence-electron chi connectivity index (χ1n) is 10.0. The van der Waals surface area contributed by atoms with Crippen molar-refractivity contribution in [3.8, 4) is 5.75 Å². The molecule has 0 saturated heterocycles. The molecule has 3 rings (SSSR count). The number of nitrogens with one attached hydrogen (secondary N) is 2. The molecular weight excluding hydrogens is 392 g/mol. The van der Waals surface area contributed by atoms with Gasteiger partial charge in [0.1, 0.15) is 18.4 Å². The lowest BCUT2D eigenvalue weighted by Gasteiger charge is -2.16. The zero-order chi connectivity index (χ0) is 22.1. The average Bonchev–Trinajstić information content (AvgIpc) is 2.79. The third-order valence-corrected chi connectivity index (χ3v) is 4.73. The molecule has 2 N–H and O–H groups in total. The summed E-state index contributed by atoms with van der Waals surface area (Å²) in [5.41, 5.74) is 3.59. The van der Waals surface area contributed by atoms with E-state index in [9.17, 15) is 9.59 Å². The number of carbonyl (C=O) groups is 2. The van der Waals surface area contributed by atoms with E-state index in [1.165, 1.54) is 0 Å². The molecule has 3 aromatic carbocycles. The second kappa shape index (κ2) is 10.8. The van der Waals surface area contributed by atoms with Gasteiger partial charge in [0.2, 0.25) is 5.91 Å². The van der Waals surface area contributed by atoms with Gasteiger partial charge in [0, 0.05) is 17.7 Å². The van der Waals surface area contributed by atoms with Crippen LogP contribution < -0.4 is 15.4 Å². The lowest BCUT2D eigenvalue weighted by Crippen LogP contribution is -2.41. The van der Waals surface area contributed by atoms with Crippen LogP contribution in [-0.4, -0.2) is 25.2 Å². The molecule has 0 radical (unpaired) electrons. The Morgan fingerprint density at radius 3 is 2.19 bits per heavy atom. The maximum atomic E-state index is 12.5. The van der Waals surface area contributed by atoms with E-state index in [1.807, 2.05) is 72.8 Å². The molecule has 160 valence electrons. The molecule has 31 heavy (non-hydrogen) atoms. The summed E-state index contributed by atoms with van der Waals surface area (Å²) in [5.74, 6) is 0.407. The fourth-order valence-corrected chi connectivity index (χ4v) is 3.07. The Labute approximate surface area is 182 Å². The van der Waals surface area contributed by atoms with Crippen molar-refractivity contribution < 1.29 is 19.1 Å². The van der Waals surface area contributed by atoms with E-state index < -0.39 is 12.1 Å². The van der Waals surface area contributed by atoms with Gasteiger partial charge < -0.3 is 20.1 Å². The largest absolute Gasteiger partial charge is 0.496 e. The average molecular weight is 418 g/mol. The molecule has 0 bridgehead atoms. The van der Waals surface area contributed by atoms with Gasteiger partial charge in [0.15, 0.2) is 0 Å². The third kappa shape index (κ3) is 6.60. The predicted molar refractivity (Wildman–Crippen MR) is 120 cm³/mol. The lowest BCUT2D eigenvalue weighted by molar-refractivity contribution is -0.117. The minimum Gasteiger partial charge on any atom is -0.496 e. The van der Waals surface area contributed by atoms with Crippen LogP contribution in [0.1, 0.15) is 23.6 Å². The van der Waals surface area contributed by atoms with Crippen molar-refractivity contribution >= 4 is 17.7 Å². The van der Waals surface area contributed by atoms with E-state index in [4.69, 9.17) is 9.47 Å². The van der Waals surface area contributed by atoms with E-state index in [0.717, 1.165) is 22.4 Å². The molecule has 3 aromatic rings. The van der Waals surface area contributed by atoms with E-state index in [1.54, 1.807) is 20.1 Å². The molecule has 6 heteroatoms. The quantitative estimate of drug-likeness (QED) is 0.563. The molecule has 0 aliphatic carbocycles. The second-order valence-corrected chi connectivity index (χ2v) is 7.11. The first-order chi connectivity index (χ1) is 15.0. The van der Waals surface area contributed by atoms with Gasteiger partial charge in [-0.2, -0.15) is 0 Å². The number of benzene rings is 3. The van der Waals surface area contributed by atoms with E-state index in [-0.39, 0.29) is 12.5 Å². The highest BCUT2D eigenvalue weighted by Gasteiger charge is 2.17. The van der Waals surface area contributed by atoms with Crippen LogP contribution in [0.2, 0.25) is 0 Å². The van der Waals surface area contributed by atoms with Crippen LogP contribution in [0.3, 0.4) is 0 Å². The van der Waals surface area contributed by atoms with Crippen LogP contribution in [0.4, 0.5) is 10.5 Å². The third-order valence-electron chi connectivity index (χ3n) is 4.73. The van der Waals surface area contributed by atoms with Gasteiger partial charge in [-0.3, -0.25) is 4.79 Å². The maximum absolute atomic E-state index is 12.5. The molecule has 0 fully saturated rings. The van der Waals surface area contributed by atoms with Crippen molar-refractivity contribution in [2.75, 3.05) is 12.4 Å². The summed E-state index contributed by atoms with van der Waals surface area (Å²) in [7, 11) is 1.62. The molecule has 0 unspecified atom stereocenters. The second-order valence-electron chi connectivity index (χ2n) is 7.11. The van der Waals surface area contributed by atoms with Crippen molar-refractivity contribution in [3.05, 3.63) is 95.6 Å². The summed E-state index contributed by atoms with van der Waals surface area (Å²) in [6, 6.07) is 24.1. The van der Waals surface area contributed by atoms with Gasteiger partial charge in [0.25, 0.3) is 0 Å². The molecule has 0 saturated carbocycles. The van der Waals surface area contributed by atoms with Crippen molar-refractivity contribution in [1.82, 2.24) is 5.32 Å². The molecule has 0 heterocycles. The number of hydrogen-bond acceptors (Lipinski definition) is 4. The van der Waals surface area contributed by atoms with Crippen molar-refractivity contribution in [2.24, 2.45) is 0 Å². The fraction of sp³-hybridized carbons (Fsp3) is 0.200. The SMILES string of the molecule is COc1ccc(NC(=O)[C@H](C)NC(=O)OCc2ccccc2)cc1Cc1ccccc1. The number of alkyl carbamates (subject to hydrolysis) is 1. The summed E-state index contributed by atoms with van der Waals surface area (Å²) < 4.78 is 10.6. The van der Waals surface area contributed by atoms with E-state index in [2.05, 4.69) is 10.6 Å². The first kappa shape index (κ1) is 21.9. The summed E-state index contributed by atoms with van der Waals surface area (Å²) in [6.07, 6.45) is 0.0267. The monoisotopic (exact) mass is 418 g/mol. The summed E-state index contributed by atoms with van der Waals surface area (Å²) in [4.78, 5) is 24.5. The zero-order valence-electron chi connectivity index (χ0n) is 17.6. The summed E-state index contributed by atoms with van der Waals surface area (Å²) >= 11 is 0. The van der Waals surface area contributed by atoms with Crippen LogP contribution in [0, 0.1) is 0 Å². The van der Waals surface area contributed by atoms with Crippen LogP contribution in [0.15, 0.2) is 78.9 Å². The Bertz CT molecular complexity index is 1010. The van der Waals surface area contributed by atoms with Crippen LogP contribution >= 0.6 is 0 Å². The summed E-state index contributed by atoms with van der Waals surface area (Å²) in [6.45, 7) is 1.75.